The van der Waals surface area contributed by atoms with Crippen LogP contribution in [0.1, 0.15) is 6.42 Å². The van der Waals surface area contributed by atoms with E-state index < -0.39 is 0 Å². The van der Waals surface area contributed by atoms with Crippen LogP contribution in [0.25, 0.3) is 0 Å². The first kappa shape index (κ1) is 7.39. The summed E-state index contributed by atoms with van der Waals surface area (Å²) >= 11 is 0. The van der Waals surface area contributed by atoms with Crippen LogP contribution in [-0.4, -0.2) is 24.8 Å². The smallest absolute Gasteiger partial charge is 0.119 e. The summed E-state index contributed by atoms with van der Waals surface area (Å²) in [4.78, 5) is 2.36. The van der Waals surface area contributed by atoms with Crippen LogP contribution in [0.2, 0.25) is 0 Å². The average molecular weight is 175 g/mol. The molecule has 3 rings (SSSR count). The summed E-state index contributed by atoms with van der Waals surface area (Å²) in [6.07, 6.45) is 10.1. The van der Waals surface area contributed by atoms with Gasteiger partial charge in [-0.15, -0.1) is 0 Å². The molecular weight excluding hydrogens is 162 g/mol. The zero-order valence-electron chi connectivity index (χ0n) is 7.57. The van der Waals surface area contributed by atoms with Crippen LogP contribution in [0.4, 0.5) is 0 Å². The molecule has 0 bridgehead atoms. The number of nitrogens with zero attached hydrogens (tertiary/aromatic N) is 1. The molecule has 0 aromatic rings. The first-order chi connectivity index (χ1) is 6.45. The summed E-state index contributed by atoms with van der Waals surface area (Å²) in [5.74, 6) is 0.651. The van der Waals surface area contributed by atoms with Crippen molar-refractivity contribution >= 4 is 0 Å². The molecule has 3 aliphatic rings. The number of ether oxygens (including phenoxy) is 1. The second-order valence-corrected chi connectivity index (χ2v) is 3.78. The minimum absolute atomic E-state index is 0.651. The highest BCUT2D eigenvalue weighted by molar-refractivity contribution is 5.38. The Kier molecular flexibility index (Phi) is 1.56. The van der Waals surface area contributed by atoms with Gasteiger partial charge in [0.25, 0.3) is 0 Å². The molecule has 1 unspecified atom stereocenters. The van der Waals surface area contributed by atoms with E-state index in [0.717, 1.165) is 19.9 Å². The minimum Gasteiger partial charge on any atom is -0.355 e. The van der Waals surface area contributed by atoms with Crippen LogP contribution in [0.15, 0.2) is 35.6 Å². The zero-order chi connectivity index (χ0) is 8.67. The largest absolute Gasteiger partial charge is 0.355 e. The average Bonchev–Trinajstić information content (AvgIpc) is 2.65. The molecule has 0 N–H and O–H groups in total. The summed E-state index contributed by atoms with van der Waals surface area (Å²) < 4.78 is 5.45. The van der Waals surface area contributed by atoms with Crippen molar-refractivity contribution in [2.24, 2.45) is 5.92 Å². The van der Waals surface area contributed by atoms with E-state index in [1.807, 2.05) is 0 Å². The van der Waals surface area contributed by atoms with E-state index in [9.17, 15) is 0 Å². The van der Waals surface area contributed by atoms with Crippen molar-refractivity contribution in [3.05, 3.63) is 35.6 Å². The highest BCUT2D eigenvalue weighted by Crippen LogP contribution is 2.33. The maximum absolute atomic E-state index is 5.45. The molecule has 2 heterocycles. The molecule has 2 aliphatic heterocycles. The molecule has 1 fully saturated rings. The molecule has 68 valence electrons. The SMILES string of the molecule is C1=CC2=C3COCN3CCC2C=C1. The Balaban J connectivity index is 2.05. The van der Waals surface area contributed by atoms with E-state index in [1.54, 1.807) is 0 Å². The van der Waals surface area contributed by atoms with Crippen LogP contribution in [0.3, 0.4) is 0 Å². The molecule has 0 aromatic carbocycles. The molecule has 0 spiro atoms. The number of rotatable bonds is 0. The third-order valence-corrected chi connectivity index (χ3v) is 3.04. The van der Waals surface area contributed by atoms with Gasteiger partial charge in [0.15, 0.2) is 0 Å². The summed E-state index contributed by atoms with van der Waals surface area (Å²) in [5.41, 5.74) is 2.89. The monoisotopic (exact) mass is 175 g/mol. The molecule has 13 heavy (non-hydrogen) atoms. The minimum atomic E-state index is 0.651. The van der Waals surface area contributed by atoms with E-state index in [-0.39, 0.29) is 0 Å². The third kappa shape index (κ3) is 1.05. The van der Waals surface area contributed by atoms with Crippen molar-refractivity contribution in [1.29, 1.82) is 0 Å². The fourth-order valence-electron chi connectivity index (χ4n) is 2.33. The Morgan fingerprint density at radius 1 is 1.38 bits per heavy atom. The van der Waals surface area contributed by atoms with E-state index in [4.69, 9.17) is 4.74 Å². The molecule has 1 atom stereocenters. The van der Waals surface area contributed by atoms with Gasteiger partial charge in [0.1, 0.15) is 6.73 Å². The lowest BCUT2D eigenvalue weighted by Crippen LogP contribution is -2.29. The van der Waals surface area contributed by atoms with Gasteiger partial charge in [0, 0.05) is 18.2 Å². The van der Waals surface area contributed by atoms with Gasteiger partial charge in [0.05, 0.1) is 6.61 Å². The molecule has 2 nitrogen and oxygen atoms in total. The topological polar surface area (TPSA) is 12.5 Å². The maximum atomic E-state index is 5.45. The van der Waals surface area contributed by atoms with Gasteiger partial charge in [-0.1, -0.05) is 24.3 Å². The standard InChI is InChI=1S/C11H13NO/c1-2-4-10-9(3-1)5-6-12-8-13-7-11(10)12/h1-4,9H,5-8H2. The van der Waals surface area contributed by atoms with E-state index in [1.165, 1.54) is 17.7 Å². The number of allylic oxidation sites excluding steroid dienone is 5. The fraction of sp³-hybridized carbons (Fsp3) is 0.455. The van der Waals surface area contributed by atoms with Crippen LogP contribution in [0, 0.1) is 5.92 Å². The van der Waals surface area contributed by atoms with Crippen molar-refractivity contribution in [2.75, 3.05) is 19.9 Å². The Labute approximate surface area is 78.2 Å². The first-order valence-electron chi connectivity index (χ1n) is 4.86. The van der Waals surface area contributed by atoms with Gasteiger partial charge in [0.2, 0.25) is 0 Å². The number of hydrogen-bond acceptors (Lipinski definition) is 2. The van der Waals surface area contributed by atoms with Crippen molar-refractivity contribution in [3.8, 4) is 0 Å². The van der Waals surface area contributed by atoms with Gasteiger partial charge < -0.3 is 9.64 Å². The third-order valence-electron chi connectivity index (χ3n) is 3.04. The summed E-state index contributed by atoms with van der Waals surface area (Å²) in [6.45, 7) is 2.76. The van der Waals surface area contributed by atoms with Crippen LogP contribution in [-0.2, 0) is 4.74 Å². The van der Waals surface area contributed by atoms with Gasteiger partial charge in [-0.3, -0.25) is 0 Å². The molecule has 0 saturated carbocycles. The molecular formula is C11H13NO. The lowest BCUT2D eigenvalue weighted by molar-refractivity contribution is 0.139. The highest BCUT2D eigenvalue weighted by Gasteiger charge is 2.29. The Bertz CT molecular complexity index is 314. The Morgan fingerprint density at radius 2 is 2.38 bits per heavy atom. The molecule has 0 amide bonds. The molecule has 0 aromatic heterocycles. The molecule has 0 radical (unpaired) electrons. The van der Waals surface area contributed by atoms with Gasteiger partial charge >= 0.3 is 0 Å². The predicted molar refractivity (Wildman–Crippen MR) is 50.9 cm³/mol. The van der Waals surface area contributed by atoms with Gasteiger partial charge in [-0.2, -0.15) is 0 Å². The normalized spacial score (nSPS) is 30.8. The lowest BCUT2D eigenvalue weighted by atomic mass is 9.87. The van der Waals surface area contributed by atoms with Gasteiger partial charge in [-0.25, -0.2) is 0 Å². The highest BCUT2D eigenvalue weighted by atomic mass is 16.5. The van der Waals surface area contributed by atoms with Crippen molar-refractivity contribution in [3.63, 3.8) is 0 Å². The fourth-order valence-corrected chi connectivity index (χ4v) is 2.33. The van der Waals surface area contributed by atoms with E-state index in [0.29, 0.717) is 5.92 Å². The summed E-state index contributed by atoms with van der Waals surface area (Å²) in [6, 6.07) is 0. The number of hydrogen-bond donors (Lipinski definition) is 0. The second kappa shape index (κ2) is 2.74. The quantitative estimate of drug-likeness (QED) is 0.555. The van der Waals surface area contributed by atoms with Gasteiger partial charge in [-0.05, 0) is 12.0 Å². The summed E-state index contributed by atoms with van der Waals surface area (Å²) in [5, 5.41) is 0. The molecule has 1 saturated heterocycles. The maximum Gasteiger partial charge on any atom is 0.119 e. The summed E-state index contributed by atoms with van der Waals surface area (Å²) in [7, 11) is 0. The molecule has 1 aliphatic carbocycles. The Morgan fingerprint density at radius 3 is 3.38 bits per heavy atom. The Hall–Kier alpha value is -1.02. The van der Waals surface area contributed by atoms with Crippen molar-refractivity contribution < 1.29 is 4.74 Å². The van der Waals surface area contributed by atoms with Crippen molar-refractivity contribution in [2.45, 2.75) is 6.42 Å². The zero-order valence-corrected chi connectivity index (χ0v) is 7.57. The predicted octanol–water partition coefficient (Wildman–Crippen LogP) is 1.68. The van der Waals surface area contributed by atoms with E-state index >= 15 is 0 Å². The van der Waals surface area contributed by atoms with Crippen LogP contribution in [0.5, 0.6) is 0 Å². The first-order valence-corrected chi connectivity index (χ1v) is 4.86. The van der Waals surface area contributed by atoms with Crippen molar-refractivity contribution in [1.82, 2.24) is 4.90 Å². The molecule has 2 heteroatoms. The van der Waals surface area contributed by atoms with E-state index in [2.05, 4.69) is 29.2 Å². The number of fused-ring (bicyclic) bond motifs is 2. The van der Waals surface area contributed by atoms with Crippen LogP contribution < -0.4 is 0 Å². The lowest BCUT2D eigenvalue weighted by Gasteiger charge is -2.31. The van der Waals surface area contributed by atoms with Crippen LogP contribution >= 0.6 is 0 Å². The second-order valence-electron chi connectivity index (χ2n) is 3.78.